The van der Waals surface area contributed by atoms with Gasteiger partial charge in [0.15, 0.2) is 0 Å². The van der Waals surface area contributed by atoms with Gasteiger partial charge in [0, 0.05) is 16.2 Å². The minimum atomic E-state index is -0.194. The first kappa shape index (κ1) is 15.7. The van der Waals surface area contributed by atoms with Gasteiger partial charge in [0.2, 0.25) is 5.91 Å². The van der Waals surface area contributed by atoms with Crippen molar-refractivity contribution in [3.63, 3.8) is 0 Å². The molecular weight excluding hydrogens is 290 g/mol. The van der Waals surface area contributed by atoms with Gasteiger partial charge in [-0.2, -0.15) is 0 Å². The molecule has 1 amide bonds. The number of hydrogen-bond donors (Lipinski definition) is 1. The molecule has 0 heterocycles. The molecule has 5 heteroatoms. The summed E-state index contributed by atoms with van der Waals surface area (Å²) >= 11 is 6.08. The monoisotopic (exact) mass is 309 g/mol. The van der Waals surface area contributed by atoms with E-state index < -0.39 is 0 Å². The molecule has 21 heavy (non-hydrogen) atoms. The first-order valence-corrected chi connectivity index (χ1v) is 7.35. The van der Waals surface area contributed by atoms with E-state index in [4.69, 9.17) is 21.1 Å². The molecule has 1 aromatic rings. The van der Waals surface area contributed by atoms with Crippen molar-refractivity contribution in [1.29, 1.82) is 0 Å². The third kappa shape index (κ3) is 3.50. The Morgan fingerprint density at radius 2 is 2.05 bits per heavy atom. The second kappa shape index (κ2) is 6.85. The van der Waals surface area contributed by atoms with E-state index in [2.05, 4.69) is 5.32 Å². The van der Waals surface area contributed by atoms with Crippen LogP contribution in [0.5, 0.6) is 11.5 Å². The van der Waals surface area contributed by atoms with E-state index in [-0.39, 0.29) is 11.9 Å². The maximum absolute atomic E-state index is 12.3. The molecule has 0 aliphatic heterocycles. The zero-order valence-corrected chi connectivity index (χ0v) is 13.3. The highest BCUT2D eigenvalue weighted by Crippen LogP contribution is 2.32. The van der Waals surface area contributed by atoms with Gasteiger partial charge in [-0.25, -0.2) is 0 Å². The van der Waals surface area contributed by atoms with Crippen LogP contribution in [-0.2, 0) is 4.79 Å². The predicted octanol–water partition coefficient (Wildman–Crippen LogP) is 3.56. The van der Waals surface area contributed by atoms with Crippen molar-refractivity contribution in [3.8, 4) is 11.5 Å². The molecule has 0 saturated carbocycles. The van der Waals surface area contributed by atoms with Gasteiger partial charge in [0.05, 0.1) is 20.3 Å². The number of ether oxygens (including phenoxy) is 2. The molecule has 1 atom stereocenters. The van der Waals surface area contributed by atoms with Crippen molar-refractivity contribution < 1.29 is 14.3 Å². The summed E-state index contributed by atoms with van der Waals surface area (Å²) in [5.74, 6) is 1.34. The Hall–Kier alpha value is -1.68. The summed E-state index contributed by atoms with van der Waals surface area (Å²) in [6.45, 7) is 1.92. The maximum Gasteiger partial charge on any atom is 0.248 e. The summed E-state index contributed by atoms with van der Waals surface area (Å²) in [6.07, 6.45) is 2.48. The molecular formula is C16H20ClNO3. The van der Waals surface area contributed by atoms with Crippen LogP contribution in [0.4, 0.5) is 0 Å². The summed E-state index contributed by atoms with van der Waals surface area (Å²) in [4.78, 5) is 12.3. The standard InChI is InChI=1S/C16H20ClNO3/c1-10(18-16(19)12-5-4-6-14(12)17)13-9-11(20-2)7-8-15(13)21-3/h7-10H,4-6H2,1-3H3,(H,18,19)/t10-/m1/s1. The third-order valence-corrected chi connectivity index (χ3v) is 4.09. The predicted molar refractivity (Wildman–Crippen MR) is 82.8 cm³/mol. The Morgan fingerprint density at radius 3 is 2.62 bits per heavy atom. The topological polar surface area (TPSA) is 47.6 Å². The lowest BCUT2D eigenvalue weighted by molar-refractivity contribution is -0.118. The van der Waals surface area contributed by atoms with E-state index in [1.165, 1.54) is 0 Å². The van der Waals surface area contributed by atoms with Crippen molar-refractivity contribution in [2.75, 3.05) is 14.2 Å². The fraction of sp³-hybridized carbons (Fsp3) is 0.438. The number of nitrogens with one attached hydrogen (secondary N) is 1. The van der Waals surface area contributed by atoms with Gasteiger partial charge in [-0.05, 0) is 44.4 Å². The van der Waals surface area contributed by atoms with Crippen LogP contribution < -0.4 is 14.8 Å². The zero-order valence-electron chi connectivity index (χ0n) is 12.5. The molecule has 114 valence electrons. The zero-order chi connectivity index (χ0) is 15.4. The average molecular weight is 310 g/mol. The molecule has 0 unspecified atom stereocenters. The molecule has 0 bridgehead atoms. The number of hydrogen-bond acceptors (Lipinski definition) is 3. The van der Waals surface area contributed by atoms with Crippen LogP contribution in [0.2, 0.25) is 0 Å². The molecule has 1 aliphatic rings. The first-order valence-electron chi connectivity index (χ1n) is 6.97. The summed E-state index contributed by atoms with van der Waals surface area (Å²) < 4.78 is 10.6. The van der Waals surface area contributed by atoms with Crippen LogP contribution in [0.1, 0.15) is 37.8 Å². The number of halogens is 1. The Bertz CT molecular complexity index is 569. The minimum Gasteiger partial charge on any atom is -0.497 e. The molecule has 1 N–H and O–H groups in total. The Kier molecular flexibility index (Phi) is 5.12. The molecule has 0 saturated heterocycles. The van der Waals surface area contributed by atoms with E-state index >= 15 is 0 Å². The largest absolute Gasteiger partial charge is 0.497 e. The van der Waals surface area contributed by atoms with Crippen molar-refractivity contribution in [2.24, 2.45) is 0 Å². The van der Waals surface area contributed by atoms with Crippen LogP contribution in [0, 0.1) is 0 Å². The summed E-state index contributed by atoms with van der Waals surface area (Å²) in [6, 6.07) is 5.33. The van der Waals surface area contributed by atoms with Gasteiger partial charge in [-0.3, -0.25) is 4.79 Å². The highest BCUT2D eigenvalue weighted by molar-refractivity contribution is 6.32. The highest BCUT2D eigenvalue weighted by atomic mass is 35.5. The second-order valence-electron chi connectivity index (χ2n) is 5.04. The number of rotatable bonds is 5. The lowest BCUT2D eigenvalue weighted by atomic mass is 10.1. The fourth-order valence-corrected chi connectivity index (χ4v) is 2.80. The molecule has 0 radical (unpaired) electrons. The molecule has 0 fully saturated rings. The Labute approximate surface area is 130 Å². The summed E-state index contributed by atoms with van der Waals surface area (Å²) in [5.41, 5.74) is 1.57. The van der Waals surface area contributed by atoms with Crippen LogP contribution in [0.15, 0.2) is 28.8 Å². The van der Waals surface area contributed by atoms with Crippen molar-refractivity contribution in [2.45, 2.75) is 32.2 Å². The lowest BCUT2D eigenvalue weighted by Crippen LogP contribution is -2.28. The molecule has 1 aromatic carbocycles. The van der Waals surface area contributed by atoms with E-state index in [1.807, 2.05) is 25.1 Å². The SMILES string of the molecule is COc1ccc(OC)c([C@@H](C)NC(=O)C2=C(Cl)CCC2)c1. The second-order valence-corrected chi connectivity index (χ2v) is 5.50. The number of benzene rings is 1. The molecule has 0 aromatic heterocycles. The van der Waals surface area contributed by atoms with Gasteiger partial charge < -0.3 is 14.8 Å². The smallest absolute Gasteiger partial charge is 0.248 e. The first-order chi connectivity index (χ1) is 10.1. The minimum absolute atomic E-state index is 0.102. The fourth-order valence-electron chi connectivity index (χ4n) is 2.48. The van der Waals surface area contributed by atoms with Gasteiger partial charge in [-0.15, -0.1) is 0 Å². The third-order valence-electron chi connectivity index (χ3n) is 3.68. The van der Waals surface area contributed by atoms with Crippen LogP contribution in [0.3, 0.4) is 0 Å². The number of carbonyl (C=O) groups excluding carboxylic acids is 1. The summed E-state index contributed by atoms with van der Waals surface area (Å²) in [5, 5.41) is 3.66. The Balaban J connectivity index is 2.18. The Morgan fingerprint density at radius 1 is 1.29 bits per heavy atom. The van der Waals surface area contributed by atoms with Gasteiger partial charge in [-0.1, -0.05) is 11.6 Å². The highest BCUT2D eigenvalue weighted by Gasteiger charge is 2.22. The van der Waals surface area contributed by atoms with Crippen LogP contribution in [0.25, 0.3) is 0 Å². The van der Waals surface area contributed by atoms with Gasteiger partial charge in [0.1, 0.15) is 11.5 Å². The molecule has 1 aliphatic carbocycles. The summed E-state index contributed by atoms with van der Waals surface area (Å²) in [7, 11) is 3.22. The van der Waals surface area contributed by atoms with E-state index in [1.54, 1.807) is 14.2 Å². The maximum atomic E-state index is 12.3. The van der Waals surface area contributed by atoms with Gasteiger partial charge >= 0.3 is 0 Å². The average Bonchev–Trinajstić information content (AvgIpc) is 2.92. The lowest BCUT2D eigenvalue weighted by Gasteiger charge is -2.18. The molecule has 2 rings (SSSR count). The van der Waals surface area contributed by atoms with Crippen LogP contribution >= 0.6 is 11.6 Å². The number of amides is 1. The van der Waals surface area contributed by atoms with E-state index in [0.29, 0.717) is 10.6 Å². The quantitative estimate of drug-likeness (QED) is 0.904. The number of carbonyl (C=O) groups is 1. The van der Waals surface area contributed by atoms with Crippen molar-refractivity contribution in [1.82, 2.24) is 5.32 Å². The van der Waals surface area contributed by atoms with Crippen molar-refractivity contribution >= 4 is 17.5 Å². The van der Waals surface area contributed by atoms with E-state index in [0.717, 1.165) is 36.3 Å². The van der Waals surface area contributed by atoms with Crippen molar-refractivity contribution in [3.05, 3.63) is 34.4 Å². The number of allylic oxidation sites excluding steroid dienone is 1. The van der Waals surface area contributed by atoms with E-state index in [9.17, 15) is 4.79 Å². The molecule has 0 spiro atoms. The number of methoxy groups -OCH3 is 2. The van der Waals surface area contributed by atoms with Gasteiger partial charge in [0.25, 0.3) is 0 Å². The molecule has 4 nitrogen and oxygen atoms in total. The normalized spacial score (nSPS) is 15.8. The van der Waals surface area contributed by atoms with Crippen LogP contribution in [-0.4, -0.2) is 20.1 Å².